The molecule has 7 nitrogen and oxygen atoms in total. The molecule has 2 N–H and O–H groups in total. The number of guanidine groups is 1. The van der Waals surface area contributed by atoms with Crippen molar-refractivity contribution in [3.8, 4) is 5.75 Å². The molecule has 8 heteroatoms. The van der Waals surface area contributed by atoms with E-state index in [-0.39, 0.29) is 41.2 Å². The van der Waals surface area contributed by atoms with E-state index < -0.39 is 5.82 Å². The third kappa shape index (κ3) is 4.16. The molecule has 4 unspecified atom stereocenters. The molecule has 2 amide bonds. The maximum Gasteiger partial charge on any atom is 0.233 e. The standard InChI is InChI=1S/C23H29FN4O3/c1-3-25-23(27-13-14-5-8-18(31-4-2)17(24)11-14)26-9-10-28-21(29)19-15-6-7-16(12-15)20(19)22(28)30/h5-8,11,15-16,19-20H,3-4,9-10,12-13H2,1-2H3,(H2,25,26,27). The molecule has 1 saturated heterocycles. The van der Waals surface area contributed by atoms with Gasteiger partial charge in [-0.15, -0.1) is 0 Å². The number of halogens is 1. The number of allylic oxidation sites excluding steroid dienone is 2. The number of benzene rings is 1. The van der Waals surface area contributed by atoms with Crippen LogP contribution in [0.15, 0.2) is 35.3 Å². The van der Waals surface area contributed by atoms with Crippen LogP contribution in [0.3, 0.4) is 0 Å². The van der Waals surface area contributed by atoms with Crippen molar-refractivity contribution in [1.29, 1.82) is 0 Å². The molecule has 1 aromatic carbocycles. The van der Waals surface area contributed by atoms with Gasteiger partial charge in [-0.05, 0) is 49.8 Å². The number of carbonyl (C=O) groups is 2. The molecular weight excluding hydrogens is 399 g/mol. The van der Waals surface area contributed by atoms with Gasteiger partial charge < -0.3 is 15.4 Å². The summed E-state index contributed by atoms with van der Waals surface area (Å²) in [6.45, 7) is 5.83. The molecule has 2 fully saturated rings. The molecule has 2 bridgehead atoms. The summed E-state index contributed by atoms with van der Waals surface area (Å²) in [5, 5.41) is 6.30. The van der Waals surface area contributed by atoms with Crippen LogP contribution in [0.2, 0.25) is 0 Å². The Kier molecular flexibility index (Phi) is 6.25. The summed E-state index contributed by atoms with van der Waals surface area (Å²) < 4.78 is 19.3. The number of rotatable bonds is 8. The average Bonchev–Trinajstić information content (AvgIpc) is 3.43. The van der Waals surface area contributed by atoms with Gasteiger partial charge in [0.2, 0.25) is 11.8 Å². The normalized spacial score (nSPS) is 26.5. The summed E-state index contributed by atoms with van der Waals surface area (Å²) in [5.41, 5.74) is 0.721. The summed E-state index contributed by atoms with van der Waals surface area (Å²) >= 11 is 0. The number of hydrogen-bond donors (Lipinski definition) is 2. The van der Waals surface area contributed by atoms with Gasteiger partial charge in [-0.1, -0.05) is 18.2 Å². The van der Waals surface area contributed by atoms with Gasteiger partial charge in [0, 0.05) is 19.6 Å². The molecule has 166 valence electrons. The Morgan fingerprint density at radius 3 is 2.48 bits per heavy atom. The van der Waals surface area contributed by atoms with Gasteiger partial charge in [0.15, 0.2) is 17.5 Å². The molecule has 0 radical (unpaired) electrons. The molecule has 4 atom stereocenters. The SMILES string of the molecule is CCNC(=NCc1ccc(OCC)c(F)c1)NCCN1C(=O)C2C3C=CC(C3)C2C1=O. The Balaban J connectivity index is 1.32. The number of aliphatic imine (C=N–C) groups is 1. The van der Waals surface area contributed by atoms with Crippen LogP contribution in [0.1, 0.15) is 25.8 Å². The second-order valence-electron chi connectivity index (χ2n) is 8.15. The van der Waals surface area contributed by atoms with E-state index in [1.165, 1.54) is 11.0 Å². The summed E-state index contributed by atoms with van der Waals surface area (Å²) in [7, 11) is 0. The van der Waals surface area contributed by atoms with Gasteiger partial charge >= 0.3 is 0 Å². The largest absolute Gasteiger partial charge is 0.491 e. The third-order valence-corrected chi connectivity index (χ3v) is 6.25. The fourth-order valence-electron chi connectivity index (χ4n) is 4.90. The summed E-state index contributed by atoms with van der Waals surface area (Å²) in [4.78, 5) is 31.4. The highest BCUT2D eigenvalue weighted by molar-refractivity contribution is 6.06. The van der Waals surface area contributed by atoms with Gasteiger partial charge in [-0.2, -0.15) is 0 Å². The second kappa shape index (κ2) is 9.08. The highest BCUT2D eigenvalue weighted by Gasteiger charge is 2.58. The van der Waals surface area contributed by atoms with Crippen molar-refractivity contribution in [2.45, 2.75) is 26.8 Å². The predicted octanol–water partition coefficient (Wildman–Crippen LogP) is 2.09. The third-order valence-electron chi connectivity index (χ3n) is 6.25. The first-order chi connectivity index (χ1) is 15.0. The number of likely N-dealkylation sites (tertiary alicyclic amines) is 1. The maximum absolute atomic E-state index is 14.0. The van der Waals surface area contributed by atoms with Crippen LogP contribution in [0.5, 0.6) is 5.75 Å². The molecule has 1 aliphatic heterocycles. The van der Waals surface area contributed by atoms with Crippen LogP contribution >= 0.6 is 0 Å². The van der Waals surface area contributed by atoms with Crippen LogP contribution in [0.25, 0.3) is 0 Å². The molecule has 3 aliphatic rings. The van der Waals surface area contributed by atoms with E-state index in [0.29, 0.717) is 38.7 Å². The number of carbonyl (C=O) groups excluding carboxylic acids is 2. The number of nitrogens with one attached hydrogen (secondary N) is 2. The number of fused-ring (bicyclic) bond motifs is 5. The monoisotopic (exact) mass is 428 g/mol. The quantitative estimate of drug-likeness (QED) is 0.287. The van der Waals surface area contributed by atoms with Crippen molar-refractivity contribution in [3.63, 3.8) is 0 Å². The Bertz CT molecular complexity index is 886. The molecule has 1 aromatic rings. The Labute approximate surface area is 181 Å². The van der Waals surface area contributed by atoms with Crippen molar-refractivity contribution in [3.05, 3.63) is 41.7 Å². The van der Waals surface area contributed by atoms with Crippen molar-refractivity contribution in [1.82, 2.24) is 15.5 Å². The van der Waals surface area contributed by atoms with E-state index in [4.69, 9.17) is 4.74 Å². The summed E-state index contributed by atoms with van der Waals surface area (Å²) in [6, 6.07) is 4.80. The first-order valence-electron chi connectivity index (χ1n) is 11.0. The number of hydrogen-bond acceptors (Lipinski definition) is 4. The molecule has 31 heavy (non-hydrogen) atoms. The molecule has 4 rings (SSSR count). The molecule has 0 spiro atoms. The van der Waals surface area contributed by atoms with Gasteiger partial charge in [-0.25, -0.2) is 9.38 Å². The fraction of sp³-hybridized carbons (Fsp3) is 0.522. The van der Waals surface area contributed by atoms with E-state index in [2.05, 4.69) is 27.8 Å². The minimum atomic E-state index is -0.410. The lowest BCUT2D eigenvalue weighted by molar-refractivity contribution is -0.140. The van der Waals surface area contributed by atoms with Gasteiger partial charge in [-0.3, -0.25) is 14.5 Å². The van der Waals surface area contributed by atoms with Gasteiger partial charge in [0.1, 0.15) is 0 Å². The van der Waals surface area contributed by atoms with Crippen molar-refractivity contribution < 1.29 is 18.7 Å². The topological polar surface area (TPSA) is 83.0 Å². The zero-order chi connectivity index (χ0) is 22.0. The first kappa shape index (κ1) is 21.3. The van der Waals surface area contributed by atoms with E-state index in [9.17, 15) is 14.0 Å². The van der Waals surface area contributed by atoms with Crippen LogP contribution < -0.4 is 15.4 Å². The minimum Gasteiger partial charge on any atom is -0.491 e. The lowest BCUT2D eigenvalue weighted by Crippen LogP contribution is -2.43. The minimum absolute atomic E-state index is 0.0412. The van der Waals surface area contributed by atoms with E-state index in [0.717, 1.165) is 12.0 Å². The Morgan fingerprint density at radius 2 is 1.87 bits per heavy atom. The zero-order valence-electron chi connectivity index (χ0n) is 17.9. The Hall–Kier alpha value is -2.90. The van der Waals surface area contributed by atoms with Crippen molar-refractivity contribution >= 4 is 17.8 Å². The van der Waals surface area contributed by atoms with Gasteiger partial charge in [0.05, 0.1) is 25.0 Å². The predicted molar refractivity (Wildman–Crippen MR) is 115 cm³/mol. The van der Waals surface area contributed by atoms with Crippen LogP contribution in [-0.2, 0) is 16.1 Å². The van der Waals surface area contributed by atoms with Gasteiger partial charge in [0.25, 0.3) is 0 Å². The zero-order valence-corrected chi connectivity index (χ0v) is 17.9. The van der Waals surface area contributed by atoms with E-state index in [1.807, 2.05) is 13.8 Å². The smallest absolute Gasteiger partial charge is 0.233 e. The highest BCUT2D eigenvalue weighted by atomic mass is 19.1. The maximum atomic E-state index is 14.0. The molecule has 0 aromatic heterocycles. The summed E-state index contributed by atoms with van der Waals surface area (Å²) in [5.74, 6) is 0.397. The van der Waals surface area contributed by atoms with E-state index in [1.54, 1.807) is 12.1 Å². The van der Waals surface area contributed by atoms with Crippen LogP contribution in [0.4, 0.5) is 4.39 Å². The van der Waals surface area contributed by atoms with Crippen LogP contribution in [-0.4, -0.2) is 48.9 Å². The Morgan fingerprint density at radius 1 is 1.16 bits per heavy atom. The fourth-order valence-corrected chi connectivity index (χ4v) is 4.90. The highest BCUT2D eigenvalue weighted by Crippen LogP contribution is 2.52. The van der Waals surface area contributed by atoms with E-state index >= 15 is 0 Å². The lowest BCUT2D eigenvalue weighted by atomic mass is 9.85. The van der Waals surface area contributed by atoms with Crippen LogP contribution in [0, 0.1) is 29.5 Å². The molecule has 1 heterocycles. The lowest BCUT2D eigenvalue weighted by Gasteiger charge is -2.18. The second-order valence-corrected chi connectivity index (χ2v) is 8.15. The average molecular weight is 429 g/mol. The number of ether oxygens (including phenoxy) is 1. The molecule has 2 aliphatic carbocycles. The first-order valence-corrected chi connectivity index (χ1v) is 11.0. The molecular formula is C23H29FN4O3. The molecule has 1 saturated carbocycles. The summed E-state index contributed by atoms with van der Waals surface area (Å²) in [6.07, 6.45) is 5.12. The number of amides is 2. The van der Waals surface area contributed by atoms with Crippen molar-refractivity contribution in [2.24, 2.45) is 28.7 Å². The van der Waals surface area contributed by atoms with Crippen molar-refractivity contribution in [2.75, 3.05) is 26.2 Å². The number of nitrogens with zero attached hydrogens (tertiary/aromatic N) is 2. The number of imide groups is 1.